The number of hydrogen-bond donors (Lipinski definition) is 1. The second kappa shape index (κ2) is 6.56. The number of rotatable bonds is 3. The van der Waals surface area contributed by atoms with Crippen LogP contribution in [0.2, 0.25) is 0 Å². The highest BCUT2D eigenvalue weighted by Crippen LogP contribution is 2.35. The molecule has 0 amide bonds. The van der Waals surface area contributed by atoms with Crippen molar-refractivity contribution in [2.45, 2.75) is 19.9 Å². The lowest BCUT2D eigenvalue weighted by molar-refractivity contribution is 0.0954. The van der Waals surface area contributed by atoms with Gasteiger partial charge in [-0.25, -0.2) is 0 Å². The van der Waals surface area contributed by atoms with E-state index in [0.717, 1.165) is 45.6 Å². The van der Waals surface area contributed by atoms with E-state index in [0.29, 0.717) is 12.2 Å². The van der Waals surface area contributed by atoms with E-state index in [-0.39, 0.29) is 5.91 Å². The molecule has 0 spiro atoms. The summed E-state index contributed by atoms with van der Waals surface area (Å²) in [6.07, 6.45) is 0.836. The average Bonchev–Trinajstić information content (AvgIpc) is 2.80. The molecule has 1 aromatic carbocycles. The molecular weight excluding hydrogens is 412 g/mol. The van der Waals surface area contributed by atoms with Crippen LogP contribution < -0.4 is 10.1 Å². The lowest BCUT2D eigenvalue weighted by Crippen LogP contribution is -2.26. The molecule has 0 saturated carbocycles. The Morgan fingerprint density at radius 1 is 1.32 bits per heavy atom. The number of fused-ring (bicyclic) bond motifs is 1. The lowest BCUT2D eigenvalue weighted by Gasteiger charge is -2.16. The van der Waals surface area contributed by atoms with Gasteiger partial charge in [0.15, 0.2) is 0 Å². The molecule has 0 atom stereocenters. The quantitative estimate of drug-likeness (QED) is 0.811. The first-order chi connectivity index (χ1) is 10.6. The molecule has 1 N–H and O–H groups in total. The molecule has 1 aromatic heterocycles. The normalized spacial score (nSPS) is 13.8. The third-order valence-corrected chi connectivity index (χ3v) is 5.85. The molecule has 6 heteroatoms. The number of carbonyl (C=O) groups excluding carboxylic acids is 1. The van der Waals surface area contributed by atoms with Gasteiger partial charge in [-0.1, -0.05) is 0 Å². The number of carbonyl (C=O) groups is 1. The van der Waals surface area contributed by atoms with Crippen LogP contribution in [0.3, 0.4) is 0 Å². The molecule has 1 aliphatic heterocycles. The summed E-state index contributed by atoms with van der Waals surface area (Å²) in [5, 5.41) is 3.33. The van der Waals surface area contributed by atoms with E-state index < -0.39 is 0 Å². The Kier molecular flexibility index (Phi) is 4.70. The van der Waals surface area contributed by atoms with Crippen LogP contribution >= 0.6 is 31.9 Å². The molecule has 4 nitrogen and oxygen atoms in total. The molecule has 116 valence electrons. The molecule has 3 rings (SSSR count). The van der Waals surface area contributed by atoms with Crippen LogP contribution in [0.25, 0.3) is 0 Å². The first kappa shape index (κ1) is 15.8. The molecule has 0 fully saturated rings. The van der Waals surface area contributed by atoms with Gasteiger partial charge < -0.3 is 10.1 Å². The van der Waals surface area contributed by atoms with Gasteiger partial charge in [0.05, 0.1) is 11.1 Å². The summed E-state index contributed by atoms with van der Waals surface area (Å²) in [5.74, 6) is 0.747. The van der Waals surface area contributed by atoms with Crippen molar-refractivity contribution in [2.24, 2.45) is 0 Å². The van der Waals surface area contributed by atoms with Crippen LogP contribution in [-0.2, 0) is 13.0 Å². The Labute approximate surface area is 146 Å². The monoisotopic (exact) mass is 426 g/mol. The molecule has 2 aromatic rings. The van der Waals surface area contributed by atoms with Crippen molar-refractivity contribution in [1.29, 1.82) is 0 Å². The number of ether oxygens (including phenoxy) is 1. The van der Waals surface area contributed by atoms with Crippen LogP contribution in [-0.4, -0.2) is 23.6 Å². The largest absolute Gasteiger partial charge is 0.494 e. The highest BCUT2D eigenvalue weighted by molar-refractivity contribution is 9.13. The maximum atomic E-state index is 12.9. The number of nitrogens with one attached hydrogen (secondary N) is 1. The van der Waals surface area contributed by atoms with Crippen molar-refractivity contribution < 1.29 is 9.53 Å². The third-order valence-electron chi connectivity index (χ3n) is 3.72. The van der Waals surface area contributed by atoms with Gasteiger partial charge >= 0.3 is 0 Å². The van der Waals surface area contributed by atoms with E-state index in [1.807, 2.05) is 19.1 Å². The Bertz CT molecular complexity index is 708. The smallest absolute Gasteiger partial charge is 0.263 e. The SMILES string of the molecule is CCOc1ccc(C(=O)n2c(Br)c(Br)c3c2CCNC3)cc1. The molecule has 0 unspecified atom stereocenters. The summed E-state index contributed by atoms with van der Waals surface area (Å²) < 4.78 is 8.91. The minimum Gasteiger partial charge on any atom is -0.494 e. The Morgan fingerprint density at radius 2 is 2.05 bits per heavy atom. The topological polar surface area (TPSA) is 43.3 Å². The minimum absolute atomic E-state index is 0.0289. The summed E-state index contributed by atoms with van der Waals surface area (Å²) in [4.78, 5) is 12.9. The highest BCUT2D eigenvalue weighted by Gasteiger charge is 2.26. The summed E-state index contributed by atoms with van der Waals surface area (Å²) in [6, 6.07) is 7.27. The zero-order valence-corrected chi connectivity index (χ0v) is 15.3. The van der Waals surface area contributed by atoms with Crippen molar-refractivity contribution in [1.82, 2.24) is 9.88 Å². The second-order valence-electron chi connectivity index (χ2n) is 5.05. The fourth-order valence-corrected chi connectivity index (χ4v) is 3.83. The summed E-state index contributed by atoms with van der Waals surface area (Å²) in [5.41, 5.74) is 2.86. The molecule has 0 saturated heterocycles. The van der Waals surface area contributed by atoms with Crippen LogP contribution in [0.4, 0.5) is 0 Å². The van der Waals surface area contributed by atoms with E-state index in [1.165, 1.54) is 0 Å². The number of nitrogens with zero attached hydrogens (tertiary/aromatic N) is 1. The van der Waals surface area contributed by atoms with Gasteiger partial charge in [0.25, 0.3) is 5.91 Å². The van der Waals surface area contributed by atoms with Gasteiger partial charge in [-0.15, -0.1) is 0 Å². The first-order valence-corrected chi connectivity index (χ1v) is 8.77. The number of aromatic nitrogens is 1. The molecule has 2 heterocycles. The van der Waals surface area contributed by atoms with Crippen molar-refractivity contribution in [3.63, 3.8) is 0 Å². The van der Waals surface area contributed by atoms with Crippen molar-refractivity contribution in [3.8, 4) is 5.75 Å². The lowest BCUT2D eigenvalue weighted by atomic mass is 10.1. The average molecular weight is 428 g/mol. The molecule has 0 aliphatic carbocycles. The number of halogens is 2. The van der Waals surface area contributed by atoms with Gasteiger partial charge in [-0.2, -0.15) is 0 Å². The van der Waals surface area contributed by atoms with E-state index >= 15 is 0 Å². The molecular formula is C16H16Br2N2O2. The van der Waals surface area contributed by atoms with Gasteiger partial charge in [-0.05, 0) is 63.0 Å². The predicted molar refractivity (Wildman–Crippen MR) is 92.6 cm³/mol. The van der Waals surface area contributed by atoms with Crippen molar-refractivity contribution >= 4 is 37.8 Å². The van der Waals surface area contributed by atoms with E-state index in [4.69, 9.17) is 4.74 Å². The van der Waals surface area contributed by atoms with Gasteiger partial charge in [0.2, 0.25) is 0 Å². The standard InChI is InChI=1S/C16H16Br2N2O2/c1-2-22-11-5-3-10(4-6-11)16(21)20-13-7-8-19-9-12(13)14(17)15(20)18/h3-6,19H,2,7-9H2,1H3. The van der Waals surface area contributed by atoms with E-state index in [9.17, 15) is 4.79 Å². The molecule has 0 radical (unpaired) electrons. The Balaban J connectivity index is 1.98. The van der Waals surface area contributed by atoms with Gasteiger partial charge in [-0.3, -0.25) is 9.36 Å². The fraction of sp³-hybridized carbons (Fsp3) is 0.312. The Morgan fingerprint density at radius 3 is 2.73 bits per heavy atom. The molecule has 1 aliphatic rings. The van der Waals surface area contributed by atoms with E-state index in [1.54, 1.807) is 16.7 Å². The maximum absolute atomic E-state index is 12.9. The third kappa shape index (κ3) is 2.75. The van der Waals surface area contributed by atoms with E-state index in [2.05, 4.69) is 37.2 Å². The van der Waals surface area contributed by atoms with Crippen molar-refractivity contribution in [3.05, 3.63) is 50.2 Å². The molecule has 22 heavy (non-hydrogen) atoms. The second-order valence-corrected chi connectivity index (χ2v) is 6.60. The van der Waals surface area contributed by atoms with Crippen LogP contribution in [0, 0.1) is 0 Å². The number of hydrogen-bond acceptors (Lipinski definition) is 3. The predicted octanol–water partition coefficient (Wildman–Crippen LogP) is 3.75. The molecule has 0 bridgehead atoms. The summed E-state index contributed by atoms with van der Waals surface area (Å²) >= 11 is 7.12. The highest BCUT2D eigenvalue weighted by atomic mass is 79.9. The summed E-state index contributed by atoms with van der Waals surface area (Å²) in [7, 11) is 0. The van der Waals surface area contributed by atoms with Gasteiger partial charge in [0, 0.05) is 36.3 Å². The van der Waals surface area contributed by atoms with Crippen LogP contribution in [0.15, 0.2) is 33.3 Å². The Hall–Kier alpha value is -1.11. The zero-order chi connectivity index (χ0) is 15.7. The van der Waals surface area contributed by atoms with Crippen LogP contribution in [0.1, 0.15) is 28.5 Å². The van der Waals surface area contributed by atoms with Crippen LogP contribution in [0.5, 0.6) is 5.75 Å². The van der Waals surface area contributed by atoms with Crippen molar-refractivity contribution in [2.75, 3.05) is 13.2 Å². The maximum Gasteiger partial charge on any atom is 0.263 e. The number of benzene rings is 1. The minimum atomic E-state index is -0.0289. The van der Waals surface area contributed by atoms with Gasteiger partial charge in [0.1, 0.15) is 10.4 Å². The fourth-order valence-electron chi connectivity index (χ4n) is 2.67. The zero-order valence-electron chi connectivity index (χ0n) is 12.2. The summed E-state index contributed by atoms with van der Waals surface area (Å²) in [6.45, 7) is 4.21. The first-order valence-electron chi connectivity index (χ1n) is 7.19.